The molecule has 0 saturated heterocycles. The van der Waals surface area contributed by atoms with Crippen LogP contribution in [0.4, 0.5) is 10.5 Å². The highest BCUT2D eigenvalue weighted by atomic mass is 32.2. The van der Waals surface area contributed by atoms with Crippen LogP contribution in [0.2, 0.25) is 0 Å². The monoisotopic (exact) mass is 238 g/mol. The first-order chi connectivity index (χ1) is 7.61. The second-order valence-electron chi connectivity index (χ2n) is 3.96. The van der Waals surface area contributed by atoms with Gasteiger partial charge in [-0.1, -0.05) is 13.8 Å². The van der Waals surface area contributed by atoms with E-state index in [0.29, 0.717) is 12.5 Å². The summed E-state index contributed by atoms with van der Waals surface area (Å²) in [5.74, 6) is 0.463. The van der Waals surface area contributed by atoms with Gasteiger partial charge in [0.15, 0.2) is 0 Å². The van der Waals surface area contributed by atoms with E-state index in [1.165, 1.54) is 4.90 Å². The molecule has 0 aliphatic carbocycles. The number of urea groups is 1. The average Bonchev–Trinajstić information content (AvgIpc) is 2.27. The fraction of sp³-hybridized carbons (Fsp3) is 0.417. The lowest BCUT2D eigenvalue weighted by Gasteiger charge is -2.09. The molecule has 0 radical (unpaired) electrons. The van der Waals surface area contributed by atoms with Gasteiger partial charge >= 0.3 is 6.03 Å². The molecule has 0 spiro atoms. The van der Waals surface area contributed by atoms with Gasteiger partial charge < -0.3 is 10.6 Å². The van der Waals surface area contributed by atoms with Crippen LogP contribution in [-0.4, -0.2) is 18.8 Å². The zero-order chi connectivity index (χ0) is 12.0. The van der Waals surface area contributed by atoms with Crippen molar-refractivity contribution in [1.29, 1.82) is 0 Å². The average molecular weight is 238 g/mol. The highest BCUT2D eigenvalue weighted by Crippen LogP contribution is 2.17. The van der Waals surface area contributed by atoms with Crippen LogP contribution in [0, 0.1) is 5.92 Å². The number of rotatable bonds is 4. The Balaban J connectivity index is 2.43. The maximum Gasteiger partial charge on any atom is 0.319 e. The maximum atomic E-state index is 11.4. The number of carbonyl (C=O) groups excluding carboxylic acids is 1. The molecule has 1 aromatic carbocycles. The van der Waals surface area contributed by atoms with Crippen molar-refractivity contribution in [3.8, 4) is 0 Å². The Labute approximate surface area is 101 Å². The molecule has 1 aromatic rings. The minimum absolute atomic E-state index is 0.148. The van der Waals surface area contributed by atoms with E-state index < -0.39 is 0 Å². The molecule has 16 heavy (non-hydrogen) atoms. The molecule has 0 bridgehead atoms. The predicted molar refractivity (Wildman–Crippen MR) is 70.1 cm³/mol. The molecule has 0 aliphatic rings. The van der Waals surface area contributed by atoms with Crippen molar-refractivity contribution in [2.24, 2.45) is 5.92 Å². The first kappa shape index (κ1) is 12.9. The number of thioether (sulfide) groups is 1. The van der Waals surface area contributed by atoms with Crippen LogP contribution in [0.5, 0.6) is 0 Å². The second kappa shape index (κ2) is 6.43. The first-order valence-corrected chi connectivity index (χ1v) is 6.53. The van der Waals surface area contributed by atoms with E-state index >= 15 is 0 Å². The van der Waals surface area contributed by atoms with Gasteiger partial charge in [0.2, 0.25) is 0 Å². The van der Waals surface area contributed by atoms with Gasteiger partial charge in [0.25, 0.3) is 0 Å². The van der Waals surface area contributed by atoms with Crippen LogP contribution in [0.3, 0.4) is 0 Å². The van der Waals surface area contributed by atoms with Crippen molar-refractivity contribution < 1.29 is 4.79 Å². The summed E-state index contributed by atoms with van der Waals surface area (Å²) in [5, 5.41) is 5.59. The van der Waals surface area contributed by atoms with Gasteiger partial charge in [-0.25, -0.2) is 4.79 Å². The van der Waals surface area contributed by atoms with Gasteiger partial charge in [-0.15, -0.1) is 11.8 Å². The van der Waals surface area contributed by atoms with Gasteiger partial charge in [0.1, 0.15) is 0 Å². The highest BCUT2D eigenvalue weighted by molar-refractivity contribution is 7.98. The summed E-state index contributed by atoms with van der Waals surface area (Å²) in [6.07, 6.45) is 2.03. The standard InChI is InChI=1S/C12H18N2OS/c1-9(2)8-13-12(15)14-10-4-6-11(16-3)7-5-10/h4-7,9H,8H2,1-3H3,(H2,13,14,15). The first-order valence-electron chi connectivity index (χ1n) is 5.30. The SMILES string of the molecule is CSc1ccc(NC(=O)NCC(C)C)cc1. The summed E-state index contributed by atoms with van der Waals surface area (Å²) in [6, 6.07) is 7.64. The van der Waals surface area contributed by atoms with E-state index in [1.54, 1.807) is 11.8 Å². The second-order valence-corrected chi connectivity index (χ2v) is 4.84. The summed E-state index contributed by atoms with van der Waals surface area (Å²) >= 11 is 1.68. The van der Waals surface area contributed by atoms with E-state index in [1.807, 2.05) is 30.5 Å². The molecule has 2 N–H and O–H groups in total. The van der Waals surface area contributed by atoms with Crippen molar-refractivity contribution in [1.82, 2.24) is 5.32 Å². The number of anilines is 1. The molecule has 88 valence electrons. The van der Waals surface area contributed by atoms with Crippen molar-refractivity contribution in [3.05, 3.63) is 24.3 Å². The lowest BCUT2D eigenvalue weighted by Crippen LogP contribution is -2.31. The van der Waals surface area contributed by atoms with Gasteiger partial charge in [0, 0.05) is 17.1 Å². The largest absolute Gasteiger partial charge is 0.338 e. The molecular formula is C12H18N2OS. The Morgan fingerprint density at radius 2 is 1.94 bits per heavy atom. The molecule has 0 heterocycles. The fourth-order valence-corrected chi connectivity index (χ4v) is 1.55. The molecular weight excluding hydrogens is 220 g/mol. The molecule has 2 amide bonds. The van der Waals surface area contributed by atoms with Crippen LogP contribution in [0.25, 0.3) is 0 Å². The number of amides is 2. The van der Waals surface area contributed by atoms with Crippen molar-refractivity contribution in [2.45, 2.75) is 18.7 Å². The van der Waals surface area contributed by atoms with Crippen LogP contribution in [0.1, 0.15) is 13.8 Å². The molecule has 4 heteroatoms. The van der Waals surface area contributed by atoms with Crippen molar-refractivity contribution >= 4 is 23.5 Å². The Morgan fingerprint density at radius 1 is 1.31 bits per heavy atom. The highest BCUT2D eigenvalue weighted by Gasteiger charge is 2.02. The lowest BCUT2D eigenvalue weighted by molar-refractivity contribution is 0.251. The summed E-state index contributed by atoms with van der Waals surface area (Å²) < 4.78 is 0. The third kappa shape index (κ3) is 4.57. The van der Waals surface area contributed by atoms with Gasteiger partial charge in [0.05, 0.1) is 0 Å². The van der Waals surface area contributed by atoms with Crippen LogP contribution < -0.4 is 10.6 Å². The Morgan fingerprint density at radius 3 is 2.44 bits per heavy atom. The van der Waals surface area contributed by atoms with E-state index in [0.717, 1.165) is 5.69 Å². The van der Waals surface area contributed by atoms with E-state index in [2.05, 4.69) is 24.5 Å². The number of carbonyl (C=O) groups is 1. The quantitative estimate of drug-likeness (QED) is 0.791. The van der Waals surface area contributed by atoms with Crippen LogP contribution in [-0.2, 0) is 0 Å². The Bertz CT molecular complexity index is 335. The molecule has 0 fully saturated rings. The smallest absolute Gasteiger partial charge is 0.319 e. The van der Waals surface area contributed by atoms with Gasteiger partial charge in [-0.2, -0.15) is 0 Å². The van der Waals surface area contributed by atoms with E-state index in [4.69, 9.17) is 0 Å². The third-order valence-electron chi connectivity index (χ3n) is 2.02. The third-order valence-corrected chi connectivity index (χ3v) is 2.76. The summed E-state index contributed by atoms with van der Waals surface area (Å²) in [4.78, 5) is 12.6. The minimum atomic E-state index is -0.148. The molecule has 0 aromatic heterocycles. The van der Waals surface area contributed by atoms with E-state index in [-0.39, 0.29) is 6.03 Å². The van der Waals surface area contributed by atoms with Crippen molar-refractivity contribution in [3.63, 3.8) is 0 Å². The molecule has 3 nitrogen and oxygen atoms in total. The number of benzene rings is 1. The summed E-state index contributed by atoms with van der Waals surface area (Å²) in [5.41, 5.74) is 0.819. The lowest BCUT2D eigenvalue weighted by atomic mass is 10.2. The number of nitrogens with one attached hydrogen (secondary N) is 2. The maximum absolute atomic E-state index is 11.4. The molecule has 0 saturated carbocycles. The zero-order valence-electron chi connectivity index (χ0n) is 9.91. The normalized spacial score (nSPS) is 10.2. The van der Waals surface area contributed by atoms with E-state index in [9.17, 15) is 4.79 Å². The molecule has 0 atom stereocenters. The van der Waals surface area contributed by atoms with Crippen molar-refractivity contribution in [2.75, 3.05) is 18.1 Å². The van der Waals surface area contributed by atoms with Crippen LogP contribution >= 0.6 is 11.8 Å². The zero-order valence-corrected chi connectivity index (χ0v) is 10.7. The minimum Gasteiger partial charge on any atom is -0.338 e. The molecule has 0 aliphatic heterocycles. The Hall–Kier alpha value is -1.16. The molecule has 1 rings (SSSR count). The number of hydrogen-bond acceptors (Lipinski definition) is 2. The predicted octanol–water partition coefficient (Wildman–Crippen LogP) is 3.19. The summed E-state index contributed by atoms with van der Waals surface area (Å²) in [6.45, 7) is 4.82. The summed E-state index contributed by atoms with van der Waals surface area (Å²) in [7, 11) is 0. The topological polar surface area (TPSA) is 41.1 Å². The van der Waals surface area contributed by atoms with Gasteiger partial charge in [-0.05, 0) is 36.4 Å². The van der Waals surface area contributed by atoms with Gasteiger partial charge in [-0.3, -0.25) is 0 Å². The Kier molecular flexibility index (Phi) is 5.19. The van der Waals surface area contributed by atoms with Crippen LogP contribution in [0.15, 0.2) is 29.2 Å². The fourth-order valence-electron chi connectivity index (χ4n) is 1.15. The molecule has 0 unspecified atom stereocenters. The number of hydrogen-bond donors (Lipinski definition) is 2.